The summed E-state index contributed by atoms with van der Waals surface area (Å²) in [6.07, 6.45) is 0. The molecule has 0 N–H and O–H groups in total. The fraction of sp³-hybridized carbons (Fsp3) is 0.345. The molecule has 0 saturated heterocycles. The van der Waals surface area contributed by atoms with Crippen LogP contribution < -0.4 is 0 Å². The first-order chi connectivity index (χ1) is 26.6. The number of fused-ring (bicyclic) bond motifs is 9. The molecule has 2 aromatic heterocycles. The topological polar surface area (TPSA) is 18.1 Å². The highest BCUT2D eigenvalue weighted by Gasteiger charge is 2.37. The number of furan rings is 1. The minimum Gasteiger partial charge on any atom is -0.455 e. The maximum Gasteiger partial charge on any atom is 0.139 e. The standard InChI is InChI=1S/C55H59NO/c1-51(2,3)33-27-39-48-47(42(52(4,5)6)31-44(54(10,11)12)50(48)57-49(39)43(28-33)53(7,8)9)32-23-25-34(26-24-32)56-45-22-18-16-20-36(45)38-29-41-37(30-46(38)56)35-19-15-17-21-40(35)55(41,13)14/h15-31H,1-14H3. The Morgan fingerprint density at radius 1 is 0.474 bits per heavy atom. The molecule has 1 aliphatic rings. The molecule has 2 heterocycles. The Balaban J connectivity index is 1.34. The Bertz CT molecular complexity index is 2930. The SMILES string of the molecule is CC(C)(C)c1cc(C(C)(C)C)c2oc3c(C(C)(C)C)cc(C(C)(C)C)c(-c4ccc(-n5c6ccccc6c6cc7c(cc65)-c5ccccc5C7(C)C)cc4)c3c2c1. The van der Waals surface area contributed by atoms with Gasteiger partial charge in [-0.05, 0) is 103 Å². The third kappa shape index (κ3) is 5.65. The van der Waals surface area contributed by atoms with Gasteiger partial charge >= 0.3 is 0 Å². The summed E-state index contributed by atoms with van der Waals surface area (Å²) in [6, 6.07) is 39.5. The van der Waals surface area contributed by atoms with Crippen LogP contribution in [0.4, 0.5) is 0 Å². The lowest BCUT2D eigenvalue weighted by atomic mass is 9.74. The second-order valence-corrected chi connectivity index (χ2v) is 21.5. The third-order valence-electron chi connectivity index (χ3n) is 12.9. The van der Waals surface area contributed by atoms with Crippen molar-refractivity contribution in [3.05, 3.63) is 137 Å². The van der Waals surface area contributed by atoms with Crippen LogP contribution in [-0.2, 0) is 27.1 Å². The number of rotatable bonds is 2. The maximum atomic E-state index is 7.22. The lowest BCUT2D eigenvalue weighted by Crippen LogP contribution is -2.18. The maximum absolute atomic E-state index is 7.22. The van der Waals surface area contributed by atoms with Crippen molar-refractivity contribution in [2.75, 3.05) is 0 Å². The van der Waals surface area contributed by atoms with Gasteiger partial charge in [0.25, 0.3) is 0 Å². The number of benzene rings is 6. The first-order valence-corrected chi connectivity index (χ1v) is 20.9. The van der Waals surface area contributed by atoms with Crippen molar-refractivity contribution < 1.29 is 4.42 Å². The quantitative estimate of drug-likeness (QED) is 0.172. The second kappa shape index (κ2) is 12.0. The number of para-hydroxylation sites is 1. The van der Waals surface area contributed by atoms with Gasteiger partial charge in [-0.3, -0.25) is 0 Å². The van der Waals surface area contributed by atoms with Crippen molar-refractivity contribution in [2.24, 2.45) is 0 Å². The highest BCUT2D eigenvalue weighted by atomic mass is 16.3. The summed E-state index contributed by atoms with van der Waals surface area (Å²) < 4.78 is 9.69. The van der Waals surface area contributed by atoms with E-state index in [1.54, 1.807) is 0 Å². The molecule has 0 fully saturated rings. The van der Waals surface area contributed by atoms with E-state index in [4.69, 9.17) is 4.42 Å². The van der Waals surface area contributed by atoms with Gasteiger partial charge in [0.1, 0.15) is 11.2 Å². The summed E-state index contributed by atoms with van der Waals surface area (Å²) >= 11 is 0. The number of nitrogens with zero attached hydrogens (tertiary/aromatic N) is 1. The summed E-state index contributed by atoms with van der Waals surface area (Å²) in [6.45, 7) is 32.7. The van der Waals surface area contributed by atoms with Gasteiger partial charge in [0.2, 0.25) is 0 Å². The fourth-order valence-corrected chi connectivity index (χ4v) is 9.71. The molecule has 6 aromatic carbocycles. The minimum absolute atomic E-state index is 0.0195. The smallest absolute Gasteiger partial charge is 0.139 e. The Morgan fingerprint density at radius 3 is 1.74 bits per heavy atom. The van der Waals surface area contributed by atoms with E-state index < -0.39 is 0 Å². The van der Waals surface area contributed by atoms with Crippen LogP contribution in [0.5, 0.6) is 0 Å². The predicted molar refractivity (Wildman–Crippen MR) is 246 cm³/mol. The van der Waals surface area contributed by atoms with E-state index in [0.717, 1.165) is 16.9 Å². The van der Waals surface area contributed by atoms with E-state index >= 15 is 0 Å². The van der Waals surface area contributed by atoms with Crippen molar-refractivity contribution in [3.63, 3.8) is 0 Å². The Hall–Kier alpha value is -5.08. The molecule has 9 rings (SSSR count). The molecule has 0 aliphatic heterocycles. The molecule has 0 saturated carbocycles. The molecule has 290 valence electrons. The Labute approximate surface area is 339 Å². The molecular formula is C55H59NO. The van der Waals surface area contributed by atoms with Gasteiger partial charge in [0.05, 0.1) is 11.0 Å². The van der Waals surface area contributed by atoms with Gasteiger partial charge in [0.15, 0.2) is 0 Å². The lowest BCUT2D eigenvalue weighted by molar-refractivity contribution is 0.547. The van der Waals surface area contributed by atoms with E-state index in [9.17, 15) is 0 Å². The molecule has 8 aromatic rings. The first-order valence-electron chi connectivity index (χ1n) is 20.9. The van der Waals surface area contributed by atoms with Gasteiger partial charge in [0, 0.05) is 43.8 Å². The molecule has 0 spiro atoms. The average Bonchev–Trinajstić information content (AvgIpc) is 3.74. The van der Waals surface area contributed by atoms with Crippen LogP contribution in [0.25, 0.3) is 71.7 Å². The molecule has 0 amide bonds. The second-order valence-electron chi connectivity index (χ2n) is 21.5. The van der Waals surface area contributed by atoms with Crippen molar-refractivity contribution in [2.45, 2.75) is 124 Å². The van der Waals surface area contributed by atoms with Crippen LogP contribution in [0.3, 0.4) is 0 Å². The fourth-order valence-electron chi connectivity index (χ4n) is 9.71. The number of aromatic nitrogens is 1. The third-order valence-corrected chi connectivity index (χ3v) is 12.9. The zero-order chi connectivity index (χ0) is 40.8. The molecule has 0 unspecified atom stereocenters. The molecule has 2 nitrogen and oxygen atoms in total. The Morgan fingerprint density at radius 2 is 1.09 bits per heavy atom. The van der Waals surface area contributed by atoms with Crippen LogP contribution >= 0.6 is 0 Å². The minimum atomic E-state index is -0.115. The zero-order valence-electron chi connectivity index (χ0n) is 36.7. The first kappa shape index (κ1) is 37.5. The summed E-state index contributed by atoms with van der Waals surface area (Å²) in [5.41, 5.74) is 18.5. The van der Waals surface area contributed by atoms with Crippen LogP contribution in [0, 0.1) is 0 Å². The van der Waals surface area contributed by atoms with Gasteiger partial charge in [-0.15, -0.1) is 0 Å². The normalized spacial score (nSPS) is 14.6. The summed E-state index contributed by atoms with van der Waals surface area (Å²) in [4.78, 5) is 0. The van der Waals surface area contributed by atoms with Crippen LogP contribution in [0.15, 0.2) is 108 Å². The van der Waals surface area contributed by atoms with Crippen LogP contribution in [-0.4, -0.2) is 4.57 Å². The molecule has 0 bridgehead atoms. The van der Waals surface area contributed by atoms with Crippen molar-refractivity contribution in [1.29, 1.82) is 0 Å². The lowest BCUT2D eigenvalue weighted by Gasteiger charge is -2.29. The average molecular weight is 750 g/mol. The van der Waals surface area contributed by atoms with E-state index in [0.29, 0.717) is 0 Å². The summed E-state index contributed by atoms with van der Waals surface area (Å²) in [5, 5.41) is 5.05. The van der Waals surface area contributed by atoms with Gasteiger partial charge in [-0.2, -0.15) is 0 Å². The largest absolute Gasteiger partial charge is 0.455 e. The van der Waals surface area contributed by atoms with E-state index in [-0.39, 0.29) is 27.1 Å². The molecule has 57 heavy (non-hydrogen) atoms. The van der Waals surface area contributed by atoms with Crippen LogP contribution in [0.2, 0.25) is 0 Å². The molecule has 0 atom stereocenters. The Kier molecular flexibility index (Phi) is 7.88. The monoisotopic (exact) mass is 749 g/mol. The number of hydrogen-bond donors (Lipinski definition) is 0. The van der Waals surface area contributed by atoms with E-state index in [2.05, 4.69) is 205 Å². The highest BCUT2D eigenvalue weighted by molar-refractivity contribution is 6.16. The summed E-state index contributed by atoms with van der Waals surface area (Å²) in [7, 11) is 0. The van der Waals surface area contributed by atoms with Gasteiger partial charge in [-0.1, -0.05) is 164 Å². The zero-order valence-corrected chi connectivity index (χ0v) is 36.7. The van der Waals surface area contributed by atoms with Gasteiger partial charge in [-0.25, -0.2) is 0 Å². The molecule has 2 heteroatoms. The van der Waals surface area contributed by atoms with Crippen molar-refractivity contribution in [1.82, 2.24) is 4.57 Å². The predicted octanol–water partition coefficient (Wildman–Crippen LogP) is 15.8. The molecule has 0 radical (unpaired) electrons. The van der Waals surface area contributed by atoms with Crippen LogP contribution in [0.1, 0.15) is 130 Å². The molecular weight excluding hydrogens is 691 g/mol. The van der Waals surface area contributed by atoms with Crippen molar-refractivity contribution >= 4 is 43.7 Å². The highest BCUT2D eigenvalue weighted by Crippen LogP contribution is 2.52. The summed E-state index contributed by atoms with van der Waals surface area (Å²) in [5.74, 6) is 0. The number of hydrogen-bond acceptors (Lipinski definition) is 1. The molecule has 1 aliphatic carbocycles. The van der Waals surface area contributed by atoms with Gasteiger partial charge < -0.3 is 8.98 Å². The van der Waals surface area contributed by atoms with Crippen molar-refractivity contribution in [3.8, 4) is 27.9 Å². The van der Waals surface area contributed by atoms with E-state index in [1.807, 2.05) is 0 Å². The van der Waals surface area contributed by atoms with E-state index in [1.165, 1.54) is 88.2 Å².